The van der Waals surface area contributed by atoms with Crippen LogP contribution in [-0.4, -0.2) is 32.5 Å². The fourth-order valence-electron chi connectivity index (χ4n) is 0.611. The minimum Gasteiger partial charge on any atom is -0.311 e. The Labute approximate surface area is 69.1 Å². The van der Waals surface area contributed by atoms with E-state index >= 15 is 0 Å². The predicted octanol–water partition coefficient (Wildman–Crippen LogP) is 0.419. The van der Waals surface area contributed by atoms with Crippen molar-refractivity contribution in [1.29, 1.82) is 0 Å². The van der Waals surface area contributed by atoms with Gasteiger partial charge >= 0.3 is 0 Å². The van der Waals surface area contributed by atoms with Crippen molar-refractivity contribution in [2.24, 2.45) is 0 Å². The summed E-state index contributed by atoms with van der Waals surface area (Å²) in [6.07, 6.45) is 1.25. The molecule has 0 atom stereocenters. The van der Waals surface area contributed by atoms with Crippen LogP contribution in [0.3, 0.4) is 0 Å². The second kappa shape index (κ2) is 3.54. The summed E-state index contributed by atoms with van der Waals surface area (Å²) >= 11 is 0. The zero-order valence-corrected chi connectivity index (χ0v) is 8.46. The maximum atomic E-state index is 10.7. The molecule has 0 bridgehead atoms. The van der Waals surface area contributed by atoms with Gasteiger partial charge in [0, 0.05) is 18.3 Å². The van der Waals surface area contributed by atoms with E-state index in [4.69, 9.17) is 0 Å². The lowest BCUT2D eigenvalue weighted by Crippen LogP contribution is -2.38. The first-order chi connectivity index (χ1) is 4.71. The molecule has 4 heteroatoms. The number of sulfone groups is 1. The highest BCUT2D eigenvalue weighted by molar-refractivity contribution is 7.90. The first-order valence-corrected chi connectivity index (χ1v) is 5.69. The van der Waals surface area contributed by atoms with Crippen LogP contribution in [0.4, 0.5) is 0 Å². The number of hydrogen-bond acceptors (Lipinski definition) is 3. The summed E-state index contributed by atoms with van der Waals surface area (Å²) < 4.78 is 21.4. The van der Waals surface area contributed by atoms with E-state index in [1.165, 1.54) is 6.26 Å². The van der Waals surface area contributed by atoms with Gasteiger partial charge in [-0.2, -0.15) is 0 Å². The highest BCUT2D eigenvalue weighted by Crippen LogP contribution is 1.97. The van der Waals surface area contributed by atoms with E-state index < -0.39 is 9.84 Å². The Balaban J connectivity index is 3.61. The Bertz CT molecular complexity index is 201. The van der Waals surface area contributed by atoms with Gasteiger partial charge in [-0.1, -0.05) is 0 Å². The molecule has 11 heavy (non-hydrogen) atoms. The molecule has 68 valence electrons. The highest BCUT2D eigenvalue weighted by Gasteiger charge is 2.09. The van der Waals surface area contributed by atoms with Gasteiger partial charge in [0.25, 0.3) is 0 Å². The molecule has 0 aliphatic heterocycles. The predicted molar refractivity (Wildman–Crippen MR) is 47.5 cm³/mol. The normalized spacial score (nSPS) is 13.5. The Morgan fingerprint density at radius 2 is 1.73 bits per heavy atom. The fourth-order valence-corrected chi connectivity index (χ4v) is 1.08. The monoisotopic (exact) mass is 179 g/mol. The van der Waals surface area contributed by atoms with Crippen molar-refractivity contribution in [3.05, 3.63) is 0 Å². The molecule has 0 saturated heterocycles. The van der Waals surface area contributed by atoms with Crippen LogP contribution in [0.2, 0.25) is 0 Å². The molecule has 0 aromatic rings. The first-order valence-electron chi connectivity index (χ1n) is 3.63. The number of rotatable bonds is 3. The molecule has 0 saturated carbocycles. The Kier molecular flexibility index (Phi) is 3.51. The molecular weight excluding hydrogens is 162 g/mol. The van der Waals surface area contributed by atoms with Crippen molar-refractivity contribution in [2.45, 2.75) is 26.3 Å². The summed E-state index contributed by atoms with van der Waals surface area (Å²) in [6.45, 7) is 6.56. The number of nitrogens with one attached hydrogen (secondary N) is 1. The molecule has 0 aromatic carbocycles. The lowest BCUT2D eigenvalue weighted by Gasteiger charge is -2.19. The van der Waals surface area contributed by atoms with Crippen molar-refractivity contribution in [3.63, 3.8) is 0 Å². The molecule has 1 N–H and O–H groups in total. The minimum absolute atomic E-state index is 0.00465. The van der Waals surface area contributed by atoms with Crippen molar-refractivity contribution in [2.75, 3.05) is 18.6 Å². The van der Waals surface area contributed by atoms with E-state index in [1.54, 1.807) is 0 Å². The summed E-state index contributed by atoms with van der Waals surface area (Å²) in [7, 11) is -2.81. The van der Waals surface area contributed by atoms with Crippen LogP contribution >= 0.6 is 0 Å². The van der Waals surface area contributed by atoms with Gasteiger partial charge in [0.15, 0.2) is 0 Å². The Morgan fingerprint density at radius 3 is 2.00 bits per heavy atom. The molecule has 0 amide bonds. The SMILES string of the molecule is CC(C)(C)NCCS(C)(=O)=O. The van der Waals surface area contributed by atoms with Crippen molar-refractivity contribution >= 4 is 9.84 Å². The van der Waals surface area contributed by atoms with E-state index in [-0.39, 0.29) is 11.3 Å². The third-order valence-corrected chi connectivity index (χ3v) is 2.07. The Hall–Kier alpha value is -0.0900. The quantitative estimate of drug-likeness (QED) is 0.683. The lowest BCUT2D eigenvalue weighted by molar-refractivity contribution is 0.439. The molecule has 0 rings (SSSR count). The zero-order chi connectivity index (χ0) is 9.12. The average Bonchev–Trinajstić information content (AvgIpc) is 1.55. The largest absolute Gasteiger partial charge is 0.311 e. The summed E-state index contributed by atoms with van der Waals surface area (Å²) in [6, 6.07) is 0. The highest BCUT2D eigenvalue weighted by atomic mass is 32.2. The third kappa shape index (κ3) is 9.91. The zero-order valence-electron chi connectivity index (χ0n) is 7.64. The second-order valence-corrected chi connectivity index (χ2v) is 6.07. The fraction of sp³-hybridized carbons (Fsp3) is 1.00. The molecular formula is C7H17NO2S. The van der Waals surface area contributed by atoms with Crippen molar-refractivity contribution in [3.8, 4) is 0 Å². The van der Waals surface area contributed by atoms with Crippen LogP contribution in [0.15, 0.2) is 0 Å². The van der Waals surface area contributed by atoms with Crippen LogP contribution in [0.5, 0.6) is 0 Å². The molecule has 0 spiro atoms. The first kappa shape index (κ1) is 10.9. The molecule has 0 fully saturated rings. The van der Waals surface area contributed by atoms with Crippen LogP contribution in [-0.2, 0) is 9.84 Å². The molecule has 0 radical (unpaired) electrons. The Morgan fingerprint density at radius 1 is 1.27 bits per heavy atom. The van der Waals surface area contributed by atoms with Gasteiger partial charge in [0.05, 0.1) is 5.75 Å². The maximum absolute atomic E-state index is 10.7. The van der Waals surface area contributed by atoms with E-state index in [2.05, 4.69) is 5.32 Å². The van der Waals surface area contributed by atoms with Crippen molar-refractivity contribution in [1.82, 2.24) is 5.32 Å². The van der Waals surface area contributed by atoms with E-state index in [9.17, 15) is 8.42 Å². The van der Waals surface area contributed by atoms with Gasteiger partial charge in [0.2, 0.25) is 0 Å². The lowest BCUT2D eigenvalue weighted by atomic mass is 10.1. The average molecular weight is 179 g/mol. The maximum Gasteiger partial charge on any atom is 0.148 e. The summed E-state index contributed by atoms with van der Waals surface area (Å²) in [5.41, 5.74) is 0.00465. The van der Waals surface area contributed by atoms with Gasteiger partial charge in [0.1, 0.15) is 9.84 Å². The number of hydrogen-bond donors (Lipinski definition) is 1. The van der Waals surface area contributed by atoms with Crippen LogP contribution < -0.4 is 5.32 Å². The topological polar surface area (TPSA) is 46.2 Å². The van der Waals surface area contributed by atoms with Crippen LogP contribution in [0.25, 0.3) is 0 Å². The molecule has 3 nitrogen and oxygen atoms in total. The molecule has 0 unspecified atom stereocenters. The van der Waals surface area contributed by atoms with Crippen molar-refractivity contribution < 1.29 is 8.42 Å². The van der Waals surface area contributed by atoms with E-state index in [0.717, 1.165) is 0 Å². The van der Waals surface area contributed by atoms with Crippen LogP contribution in [0.1, 0.15) is 20.8 Å². The second-order valence-electron chi connectivity index (χ2n) is 3.81. The molecule has 0 heterocycles. The smallest absolute Gasteiger partial charge is 0.148 e. The summed E-state index contributed by atoms with van der Waals surface area (Å²) in [4.78, 5) is 0. The summed E-state index contributed by atoms with van der Waals surface area (Å²) in [5, 5.41) is 3.10. The van der Waals surface area contributed by atoms with Gasteiger partial charge in [-0.25, -0.2) is 8.42 Å². The summed E-state index contributed by atoms with van der Waals surface area (Å²) in [5.74, 6) is 0.213. The van der Waals surface area contributed by atoms with E-state index in [0.29, 0.717) is 6.54 Å². The van der Waals surface area contributed by atoms with Gasteiger partial charge in [-0.3, -0.25) is 0 Å². The molecule has 0 aliphatic rings. The van der Waals surface area contributed by atoms with Crippen LogP contribution in [0, 0.1) is 0 Å². The molecule has 0 aromatic heterocycles. The molecule has 0 aliphatic carbocycles. The van der Waals surface area contributed by atoms with Gasteiger partial charge in [-0.15, -0.1) is 0 Å². The third-order valence-electron chi connectivity index (χ3n) is 1.13. The van der Waals surface area contributed by atoms with Gasteiger partial charge < -0.3 is 5.32 Å². The minimum atomic E-state index is -2.81. The van der Waals surface area contributed by atoms with Gasteiger partial charge in [-0.05, 0) is 20.8 Å². The van der Waals surface area contributed by atoms with E-state index in [1.807, 2.05) is 20.8 Å². The standard InChI is InChI=1S/C7H17NO2S/c1-7(2,3)8-5-6-11(4,9)10/h8H,5-6H2,1-4H3.